The van der Waals surface area contributed by atoms with E-state index in [4.69, 9.17) is 9.84 Å². The number of nitrogens with zero attached hydrogens (tertiary/aromatic N) is 2. The molecule has 0 radical (unpaired) electrons. The van der Waals surface area contributed by atoms with E-state index >= 15 is 0 Å². The van der Waals surface area contributed by atoms with Crippen molar-refractivity contribution < 1.29 is 14.8 Å². The number of ether oxygens (including phenoxy) is 1. The van der Waals surface area contributed by atoms with E-state index in [1.165, 1.54) is 12.1 Å². The summed E-state index contributed by atoms with van der Waals surface area (Å²) in [7, 11) is 0. The molecule has 0 amide bonds. The lowest BCUT2D eigenvalue weighted by atomic mass is 10.4. The fraction of sp³-hybridized carbons (Fsp3) is 0.500. The Labute approximate surface area is 98.6 Å². The van der Waals surface area contributed by atoms with Gasteiger partial charge in [0.2, 0.25) is 5.88 Å². The molecule has 0 saturated carbocycles. The molecule has 17 heavy (non-hydrogen) atoms. The van der Waals surface area contributed by atoms with Gasteiger partial charge in [0.1, 0.15) is 5.82 Å². The number of hydrogen-bond acceptors (Lipinski definition) is 6. The van der Waals surface area contributed by atoms with Crippen LogP contribution in [-0.2, 0) is 0 Å². The van der Waals surface area contributed by atoms with Crippen molar-refractivity contribution in [3.63, 3.8) is 0 Å². The molecule has 0 atom stereocenters. The summed E-state index contributed by atoms with van der Waals surface area (Å²) in [5.74, 6) is 0.587. The molecule has 2 N–H and O–H groups in total. The maximum atomic E-state index is 10.7. The van der Waals surface area contributed by atoms with Crippen molar-refractivity contribution in [2.24, 2.45) is 0 Å². The first-order valence-electron chi connectivity index (χ1n) is 5.31. The number of aliphatic hydroxyl groups excluding tert-OH is 1. The maximum Gasteiger partial charge on any atom is 0.278 e. The van der Waals surface area contributed by atoms with Gasteiger partial charge in [0.05, 0.1) is 23.7 Å². The van der Waals surface area contributed by atoms with E-state index < -0.39 is 4.92 Å². The molecular weight excluding hydrogens is 226 g/mol. The van der Waals surface area contributed by atoms with Gasteiger partial charge >= 0.3 is 0 Å². The zero-order chi connectivity index (χ0) is 12.7. The van der Waals surface area contributed by atoms with E-state index in [0.717, 1.165) is 0 Å². The molecule has 1 rings (SSSR count). The standard InChI is InChI=1S/C10H15N3O4/c1-2-11-9-6-8(13(15)16)7-10(12-9)17-5-3-4-14/h6-7,14H,2-5H2,1H3,(H,11,12). The molecule has 0 aromatic carbocycles. The molecule has 0 bridgehead atoms. The molecule has 1 heterocycles. The average Bonchev–Trinajstić information content (AvgIpc) is 2.29. The number of anilines is 1. The minimum Gasteiger partial charge on any atom is -0.477 e. The quantitative estimate of drug-likeness (QED) is 0.422. The lowest BCUT2D eigenvalue weighted by Gasteiger charge is -2.07. The van der Waals surface area contributed by atoms with Gasteiger partial charge in [-0.1, -0.05) is 0 Å². The first-order chi connectivity index (χ1) is 8.17. The smallest absolute Gasteiger partial charge is 0.278 e. The third-order valence-electron chi connectivity index (χ3n) is 1.91. The van der Waals surface area contributed by atoms with Crippen LogP contribution in [0.3, 0.4) is 0 Å². The number of pyridine rings is 1. The number of aromatic nitrogens is 1. The molecular formula is C10H15N3O4. The Bertz CT molecular complexity index is 384. The normalized spacial score (nSPS) is 10.0. The minimum atomic E-state index is -0.499. The number of rotatable bonds is 7. The van der Waals surface area contributed by atoms with Gasteiger partial charge in [-0.25, -0.2) is 0 Å². The average molecular weight is 241 g/mol. The number of aliphatic hydroxyl groups is 1. The van der Waals surface area contributed by atoms with E-state index in [2.05, 4.69) is 10.3 Å². The van der Waals surface area contributed by atoms with Gasteiger partial charge in [-0.3, -0.25) is 10.1 Å². The summed E-state index contributed by atoms with van der Waals surface area (Å²) in [6.45, 7) is 2.77. The highest BCUT2D eigenvalue weighted by Gasteiger charge is 2.11. The Kier molecular flexibility index (Phi) is 5.15. The third kappa shape index (κ3) is 4.23. The molecule has 1 aromatic heterocycles. The lowest BCUT2D eigenvalue weighted by molar-refractivity contribution is -0.384. The van der Waals surface area contributed by atoms with Gasteiger partial charge in [0, 0.05) is 19.6 Å². The third-order valence-corrected chi connectivity index (χ3v) is 1.91. The summed E-state index contributed by atoms with van der Waals surface area (Å²) < 4.78 is 5.21. The van der Waals surface area contributed by atoms with Gasteiger partial charge in [-0.15, -0.1) is 0 Å². The zero-order valence-electron chi connectivity index (χ0n) is 9.55. The van der Waals surface area contributed by atoms with Crippen LogP contribution in [0.5, 0.6) is 5.88 Å². The highest BCUT2D eigenvalue weighted by atomic mass is 16.6. The van der Waals surface area contributed by atoms with Gasteiger partial charge in [-0.05, 0) is 6.92 Å². The predicted octanol–water partition coefficient (Wildman–Crippen LogP) is 1.18. The Morgan fingerprint density at radius 1 is 1.59 bits per heavy atom. The molecule has 0 fully saturated rings. The Balaban J connectivity index is 2.83. The van der Waals surface area contributed by atoms with Gasteiger partial charge in [-0.2, -0.15) is 4.98 Å². The summed E-state index contributed by atoms with van der Waals surface area (Å²) in [6, 6.07) is 2.61. The molecule has 94 valence electrons. The molecule has 0 aliphatic heterocycles. The Hall–Kier alpha value is -1.89. The molecule has 0 aliphatic carbocycles. The minimum absolute atomic E-state index is 0.00892. The Morgan fingerprint density at radius 3 is 2.94 bits per heavy atom. The molecule has 1 aromatic rings. The monoisotopic (exact) mass is 241 g/mol. The van der Waals surface area contributed by atoms with Crippen molar-refractivity contribution in [1.29, 1.82) is 0 Å². The highest BCUT2D eigenvalue weighted by molar-refractivity contribution is 5.48. The molecule has 7 nitrogen and oxygen atoms in total. The summed E-state index contributed by atoms with van der Waals surface area (Å²) in [6.07, 6.45) is 0.459. The van der Waals surface area contributed by atoms with Crippen LogP contribution < -0.4 is 10.1 Å². The molecule has 0 saturated heterocycles. The van der Waals surface area contributed by atoms with Crippen molar-refractivity contribution in [2.75, 3.05) is 25.1 Å². The van der Waals surface area contributed by atoms with Crippen molar-refractivity contribution in [3.05, 3.63) is 22.2 Å². The van der Waals surface area contributed by atoms with E-state index in [-0.39, 0.29) is 24.8 Å². The first-order valence-corrected chi connectivity index (χ1v) is 5.31. The second-order valence-corrected chi connectivity index (χ2v) is 3.26. The van der Waals surface area contributed by atoms with Gasteiger partial charge < -0.3 is 15.2 Å². The fourth-order valence-electron chi connectivity index (χ4n) is 1.18. The van der Waals surface area contributed by atoms with Gasteiger partial charge in [0.25, 0.3) is 5.69 Å². The van der Waals surface area contributed by atoms with Crippen LogP contribution in [-0.4, -0.2) is 34.8 Å². The highest BCUT2D eigenvalue weighted by Crippen LogP contribution is 2.22. The molecule has 0 unspecified atom stereocenters. The largest absolute Gasteiger partial charge is 0.477 e. The van der Waals surface area contributed by atoms with Crippen LogP contribution in [0.4, 0.5) is 11.5 Å². The van der Waals surface area contributed by atoms with E-state index in [0.29, 0.717) is 18.8 Å². The summed E-state index contributed by atoms with van der Waals surface area (Å²) >= 11 is 0. The summed E-state index contributed by atoms with van der Waals surface area (Å²) in [5.41, 5.74) is -0.0741. The second-order valence-electron chi connectivity index (χ2n) is 3.26. The topological polar surface area (TPSA) is 97.5 Å². The van der Waals surface area contributed by atoms with Crippen LogP contribution in [0.25, 0.3) is 0 Å². The van der Waals surface area contributed by atoms with E-state index in [9.17, 15) is 10.1 Å². The predicted molar refractivity (Wildman–Crippen MR) is 62.3 cm³/mol. The molecule has 0 spiro atoms. The van der Waals surface area contributed by atoms with Crippen LogP contribution in [0.1, 0.15) is 13.3 Å². The van der Waals surface area contributed by atoms with Crippen LogP contribution in [0.15, 0.2) is 12.1 Å². The van der Waals surface area contributed by atoms with E-state index in [1.807, 2.05) is 6.92 Å². The van der Waals surface area contributed by atoms with Crippen LogP contribution >= 0.6 is 0 Å². The summed E-state index contributed by atoms with van der Waals surface area (Å²) in [4.78, 5) is 14.3. The first kappa shape index (κ1) is 13.2. The SMILES string of the molecule is CCNc1cc([N+](=O)[O-])cc(OCCCO)n1. The zero-order valence-corrected chi connectivity index (χ0v) is 9.55. The fourth-order valence-corrected chi connectivity index (χ4v) is 1.18. The van der Waals surface area contributed by atoms with Gasteiger partial charge in [0.15, 0.2) is 0 Å². The van der Waals surface area contributed by atoms with Crippen LogP contribution in [0, 0.1) is 10.1 Å². The molecule has 0 aliphatic rings. The maximum absolute atomic E-state index is 10.7. The van der Waals surface area contributed by atoms with Crippen molar-refractivity contribution in [2.45, 2.75) is 13.3 Å². The van der Waals surface area contributed by atoms with Crippen LogP contribution in [0.2, 0.25) is 0 Å². The van der Waals surface area contributed by atoms with Crippen molar-refractivity contribution in [1.82, 2.24) is 4.98 Å². The number of hydrogen-bond donors (Lipinski definition) is 2. The van der Waals surface area contributed by atoms with Crippen molar-refractivity contribution >= 4 is 11.5 Å². The van der Waals surface area contributed by atoms with E-state index in [1.54, 1.807) is 0 Å². The summed E-state index contributed by atoms with van der Waals surface area (Å²) in [5, 5.41) is 22.2. The second kappa shape index (κ2) is 6.64. The Morgan fingerprint density at radius 2 is 2.35 bits per heavy atom. The molecule has 7 heteroatoms. The van der Waals surface area contributed by atoms with Crippen molar-refractivity contribution in [3.8, 4) is 5.88 Å². The number of nitrogens with one attached hydrogen (secondary N) is 1. The number of nitro groups is 1. The lowest BCUT2D eigenvalue weighted by Crippen LogP contribution is -2.05.